The molecule has 2 saturated heterocycles. The highest BCUT2D eigenvalue weighted by molar-refractivity contribution is 5.83. The summed E-state index contributed by atoms with van der Waals surface area (Å²) in [6.07, 6.45) is 0.228. The molecule has 0 saturated carbocycles. The van der Waals surface area contributed by atoms with Crippen molar-refractivity contribution in [3.63, 3.8) is 0 Å². The van der Waals surface area contributed by atoms with Crippen LogP contribution in [0.5, 0.6) is 0 Å². The molecular weight excluding hydrogens is 337 g/mol. The van der Waals surface area contributed by atoms with Crippen LogP contribution in [0, 0.1) is 0 Å². The minimum absolute atomic E-state index is 0.303. The van der Waals surface area contributed by atoms with E-state index in [1.165, 1.54) is 0 Å². The molecule has 1 aromatic heterocycles. The first kappa shape index (κ1) is 19.0. The quantitative estimate of drug-likeness (QED) is 0.885. The normalized spacial score (nSPS) is 24.0. The Morgan fingerprint density at radius 3 is 2.85 bits per heavy atom. The highest BCUT2D eigenvalue weighted by Crippen LogP contribution is 2.30. The van der Waals surface area contributed by atoms with Gasteiger partial charge in [0.1, 0.15) is 17.6 Å². The second kappa shape index (κ2) is 7.88. The van der Waals surface area contributed by atoms with Crippen molar-refractivity contribution in [2.75, 3.05) is 31.6 Å². The first-order valence-electron chi connectivity index (χ1n) is 9.24. The Hall–Kier alpha value is -1.73. The van der Waals surface area contributed by atoms with E-state index in [4.69, 9.17) is 9.47 Å². The van der Waals surface area contributed by atoms with Crippen molar-refractivity contribution in [3.05, 3.63) is 23.4 Å². The third kappa shape index (κ3) is 5.14. The average molecular weight is 365 g/mol. The molecule has 2 aliphatic heterocycles. The van der Waals surface area contributed by atoms with Crippen molar-refractivity contribution < 1.29 is 18.7 Å². The number of aromatic nitrogens is 1. The molecule has 2 aliphatic rings. The number of carbonyl (C=O) groups excluding carboxylic acids is 1. The van der Waals surface area contributed by atoms with Gasteiger partial charge in [-0.3, -0.25) is 10.2 Å². The monoisotopic (exact) mass is 365 g/mol. The Balaban J connectivity index is 1.76. The lowest BCUT2D eigenvalue weighted by Crippen LogP contribution is -2.28. The number of nitrogens with one attached hydrogen (secondary N) is 1. The van der Waals surface area contributed by atoms with Crippen LogP contribution in [-0.2, 0) is 16.0 Å². The van der Waals surface area contributed by atoms with Gasteiger partial charge in [0.05, 0.1) is 12.3 Å². The predicted octanol–water partition coefficient (Wildman–Crippen LogP) is 3.48. The van der Waals surface area contributed by atoms with Crippen molar-refractivity contribution in [1.29, 1.82) is 0 Å². The van der Waals surface area contributed by atoms with Crippen LogP contribution < -0.4 is 5.32 Å². The Bertz CT molecular complexity index is 641. The number of carbonyl (C=O) groups is 1. The van der Waals surface area contributed by atoms with E-state index in [2.05, 4.69) is 15.2 Å². The molecule has 1 unspecified atom stereocenters. The van der Waals surface area contributed by atoms with Gasteiger partial charge in [0.2, 0.25) is 0 Å². The summed E-state index contributed by atoms with van der Waals surface area (Å²) in [7, 11) is 0. The van der Waals surface area contributed by atoms with Gasteiger partial charge in [-0.2, -0.15) is 0 Å². The van der Waals surface area contributed by atoms with E-state index < -0.39 is 17.9 Å². The molecule has 1 amide bonds. The van der Waals surface area contributed by atoms with Gasteiger partial charge in [0.25, 0.3) is 0 Å². The number of pyridine rings is 1. The average Bonchev–Trinajstić information content (AvgIpc) is 3.17. The van der Waals surface area contributed by atoms with Crippen LogP contribution in [0.1, 0.15) is 50.8 Å². The molecule has 0 aromatic carbocycles. The van der Waals surface area contributed by atoms with Crippen LogP contribution >= 0.6 is 0 Å². The summed E-state index contributed by atoms with van der Waals surface area (Å²) in [5.41, 5.74) is 1.43. The Morgan fingerprint density at radius 2 is 2.23 bits per heavy atom. The maximum absolute atomic E-state index is 13.5. The molecule has 144 valence electrons. The van der Waals surface area contributed by atoms with Crippen molar-refractivity contribution in [3.8, 4) is 0 Å². The topological polar surface area (TPSA) is 63.7 Å². The zero-order valence-electron chi connectivity index (χ0n) is 15.8. The van der Waals surface area contributed by atoms with Gasteiger partial charge < -0.3 is 9.47 Å². The number of hydrogen-bond acceptors (Lipinski definition) is 5. The van der Waals surface area contributed by atoms with Crippen molar-refractivity contribution in [1.82, 2.24) is 9.88 Å². The van der Waals surface area contributed by atoms with Gasteiger partial charge in [0, 0.05) is 32.2 Å². The second-order valence-corrected chi connectivity index (χ2v) is 8.04. The summed E-state index contributed by atoms with van der Waals surface area (Å²) in [6.45, 7) is 8.62. The maximum Gasteiger partial charge on any atom is 0.413 e. The van der Waals surface area contributed by atoms with E-state index in [0.29, 0.717) is 37.9 Å². The van der Waals surface area contributed by atoms with Crippen LogP contribution in [0.2, 0.25) is 0 Å². The van der Waals surface area contributed by atoms with E-state index in [1.807, 2.05) is 26.8 Å². The number of halogens is 1. The van der Waals surface area contributed by atoms with Crippen molar-refractivity contribution in [2.45, 2.75) is 57.8 Å². The molecule has 26 heavy (non-hydrogen) atoms. The van der Waals surface area contributed by atoms with E-state index >= 15 is 0 Å². The van der Waals surface area contributed by atoms with Gasteiger partial charge in [-0.25, -0.2) is 14.2 Å². The highest BCUT2D eigenvalue weighted by atomic mass is 19.1. The van der Waals surface area contributed by atoms with Crippen LogP contribution in [0.3, 0.4) is 0 Å². The van der Waals surface area contributed by atoms with Gasteiger partial charge in [-0.05, 0) is 45.2 Å². The summed E-state index contributed by atoms with van der Waals surface area (Å²) in [6, 6.07) is 3.79. The lowest BCUT2D eigenvalue weighted by atomic mass is 9.96. The number of nitrogens with zero attached hydrogens (tertiary/aromatic N) is 2. The van der Waals surface area contributed by atoms with Gasteiger partial charge in [-0.1, -0.05) is 6.07 Å². The van der Waals surface area contributed by atoms with Crippen LogP contribution in [0.25, 0.3) is 0 Å². The molecule has 0 bridgehead atoms. The molecule has 0 aliphatic carbocycles. The molecule has 2 fully saturated rings. The number of rotatable bonds is 4. The Labute approximate surface area is 154 Å². The summed E-state index contributed by atoms with van der Waals surface area (Å²) < 4.78 is 24.3. The maximum atomic E-state index is 13.5. The molecular formula is C19H28FN3O3. The Morgan fingerprint density at radius 1 is 1.42 bits per heavy atom. The molecule has 2 atom stereocenters. The largest absolute Gasteiger partial charge is 0.444 e. The van der Waals surface area contributed by atoms with E-state index in [0.717, 1.165) is 30.8 Å². The fourth-order valence-corrected chi connectivity index (χ4v) is 3.41. The molecule has 7 heteroatoms. The lowest BCUT2D eigenvalue weighted by molar-refractivity contribution is 0.0635. The number of amides is 1. The molecule has 1 N–H and O–H groups in total. The lowest BCUT2D eigenvalue weighted by Gasteiger charge is -2.21. The van der Waals surface area contributed by atoms with Crippen molar-refractivity contribution in [2.24, 2.45) is 0 Å². The summed E-state index contributed by atoms with van der Waals surface area (Å²) in [4.78, 5) is 18.7. The smallest absolute Gasteiger partial charge is 0.413 e. The highest BCUT2D eigenvalue weighted by Gasteiger charge is 2.26. The zero-order valence-corrected chi connectivity index (χ0v) is 15.8. The molecule has 3 rings (SSSR count). The molecule has 6 nitrogen and oxygen atoms in total. The number of alkyl halides is 1. The van der Waals surface area contributed by atoms with E-state index in [1.54, 1.807) is 6.07 Å². The summed E-state index contributed by atoms with van der Waals surface area (Å²) in [5, 5.41) is 2.69. The minimum atomic E-state index is -0.767. The molecule has 3 heterocycles. The first-order chi connectivity index (χ1) is 12.3. The minimum Gasteiger partial charge on any atom is -0.444 e. The third-order valence-corrected chi connectivity index (χ3v) is 4.60. The summed E-state index contributed by atoms with van der Waals surface area (Å²) >= 11 is 0. The van der Waals surface area contributed by atoms with Crippen molar-refractivity contribution >= 4 is 11.9 Å². The third-order valence-electron chi connectivity index (χ3n) is 4.60. The number of anilines is 1. The van der Waals surface area contributed by atoms with Crippen LogP contribution in [0.4, 0.5) is 15.0 Å². The number of ether oxygens (including phenoxy) is 2. The van der Waals surface area contributed by atoms with Gasteiger partial charge in [0.15, 0.2) is 0 Å². The molecule has 0 radical (unpaired) electrons. The van der Waals surface area contributed by atoms with Crippen LogP contribution in [-0.4, -0.2) is 54.1 Å². The van der Waals surface area contributed by atoms with Gasteiger partial charge in [-0.15, -0.1) is 0 Å². The van der Waals surface area contributed by atoms with E-state index in [-0.39, 0.29) is 0 Å². The van der Waals surface area contributed by atoms with Crippen LogP contribution in [0.15, 0.2) is 12.1 Å². The fraction of sp³-hybridized carbons (Fsp3) is 0.684. The predicted molar refractivity (Wildman–Crippen MR) is 97.1 cm³/mol. The second-order valence-electron chi connectivity index (χ2n) is 8.04. The number of likely N-dealkylation sites (tertiary alicyclic amines) is 1. The molecule has 0 spiro atoms. The summed E-state index contributed by atoms with van der Waals surface area (Å²) in [5.74, 6) is 0.754. The first-order valence-corrected chi connectivity index (χ1v) is 9.24. The zero-order chi connectivity index (χ0) is 18.7. The fourth-order valence-electron chi connectivity index (χ4n) is 3.41. The molecule has 1 aromatic rings. The Kier molecular flexibility index (Phi) is 5.77. The number of hydrogen-bond donors (Lipinski definition) is 1. The van der Waals surface area contributed by atoms with Gasteiger partial charge >= 0.3 is 6.09 Å². The SMILES string of the molecule is CC(C)(C)OC(=O)Nc1ccc(C2CCOC2)c(CN2CC[C@H](F)C2)n1. The standard InChI is InChI=1S/C19H28FN3O3/c1-19(2,3)26-18(24)22-17-5-4-15(13-7-9-25-12-13)16(21-17)11-23-8-6-14(20)10-23/h4-5,13-14H,6-12H2,1-3H3,(H,21,22,24)/t13?,14-/m0/s1. The van der Waals surface area contributed by atoms with E-state index in [9.17, 15) is 9.18 Å².